The first kappa shape index (κ1) is 16.0. The fourth-order valence-electron chi connectivity index (χ4n) is 2.30. The number of allylic oxidation sites excluding steroid dienone is 1. The van der Waals surface area contributed by atoms with E-state index < -0.39 is 8.32 Å². The Morgan fingerprint density at radius 2 is 1.58 bits per heavy atom. The molecular weight excluding hydrogens is 248 g/mol. The molecule has 0 aliphatic heterocycles. The van der Waals surface area contributed by atoms with E-state index >= 15 is 0 Å². The van der Waals surface area contributed by atoms with Crippen molar-refractivity contribution < 1.29 is 4.43 Å². The highest BCUT2D eigenvalue weighted by molar-refractivity contribution is 6.74. The summed E-state index contributed by atoms with van der Waals surface area (Å²) in [5.41, 5.74) is 1.23. The summed E-state index contributed by atoms with van der Waals surface area (Å²) in [7, 11) is -1.58. The highest BCUT2D eigenvalue weighted by atomic mass is 28.4. The van der Waals surface area contributed by atoms with E-state index in [9.17, 15) is 0 Å². The normalized spacial score (nSPS) is 12.5. The number of hydrogen-bond acceptors (Lipinski definition) is 1. The first-order valence-electron chi connectivity index (χ1n) is 7.65. The predicted octanol–water partition coefficient (Wildman–Crippen LogP) is 5.85. The Bertz CT molecular complexity index is 371. The highest BCUT2D eigenvalue weighted by Crippen LogP contribution is 2.29. The Labute approximate surface area is 119 Å². The van der Waals surface area contributed by atoms with Crippen LogP contribution in [0.2, 0.25) is 18.1 Å². The zero-order valence-electron chi connectivity index (χ0n) is 12.9. The summed E-state index contributed by atoms with van der Waals surface area (Å²) in [6.45, 7) is 9.05. The summed E-state index contributed by atoms with van der Waals surface area (Å²) < 4.78 is 6.57. The van der Waals surface area contributed by atoms with Gasteiger partial charge in [0.1, 0.15) is 5.76 Å². The van der Waals surface area contributed by atoms with Crippen LogP contribution in [-0.2, 0) is 4.43 Å². The van der Waals surface area contributed by atoms with Gasteiger partial charge >= 0.3 is 0 Å². The molecule has 0 aliphatic rings. The predicted molar refractivity (Wildman–Crippen MR) is 87.6 cm³/mol. The first-order chi connectivity index (χ1) is 9.21. The molecule has 0 radical (unpaired) electrons. The van der Waals surface area contributed by atoms with Crippen molar-refractivity contribution in [3.05, 3.63) is 42.0 Å². The third-order valence-electron chi connectivity index (χ3n) is 3.94. The summed E-state index contributed by atoms with van der Waals surface area (Å²) in [6, 6.07) is 14.1. The van der Waals surface area contributed by atoms with Gasteiger partial charge in [-0.25, -0.2) is 0 Å². The fourth-order valence-corrected chi connectivity index (χ4v) is 4.90. The molecule has 106 valence electrons. The Balaban J connectivity index is 2.99. The molecule has 1 aromatic carbocycles. The summed E-state index contributed by atoms with van der Waals surface area (Å²) in [5.74, 6) is 1.11. The van der Waals surface area contributed by atoms with Crippen LogP contribution in [0.25, 0.3) is 5.76 Å². The molecule has 0 unspecified atom stereocenters. The average molecular weight is 276 g/mol. The van der Waals surface area contributed by atoms with Crippen molar-refractivity contribution in [1.29, 1.82) is 0 Å². The van der Waals surface area contributed by atoms with Crippen LogP contribution in [0.1, 0.15) is 46.1 Å². The molecule has 0 spiro atoms. The third kappa shape index (κ3) is 4.54. The van der Waals surface area contributed by atoms with Crippen LogP contribution in [0.15, 0.2) is 36.4 Å². The molecular formula is C17H28OSi. The van der Waals surface area contributed by atoms with Crippen molar-refractivity contribution in [3.63, 3.8) is 0 Å². The van der Waals surface area contributed by atoms with E-state index in [1.54, 1.807) is 0 Å². The first-order valence-corrected chi connectivity index (χ1v) is 10.2. The Kier molecular flexibility index (Phi) is 6.93. The molecule has 0 aromatic heterocycles. The van der Waals surface area contributed by atoms with Crippen LogP contribution < -0.4 is 0 Å². The van der Waals surface area contributed by atoms with Crippen LogP contribution >= 0.6 is 0 Å². The zero-order valence-corrected chi connectivity index (χ0v) is 13.9. The van der Waals surface area contributed by atoms with Gasteiger partial charge in [-0.1, -0.05) is 64.4 Å². The average Bonchev–Trinajstić information content (AvgIpc) is 2.49. The van der Waals surface area contributed by atoms with Gasteiger partial charge in [-0.3, -0.25) is 0 Å². The molecule has 0 fully saturated rings. The molecule has 0 bridgehead atoms. The van der Waals surface area contributed by atoms with Crippen molar-refractivity contribution >= 4 is 14.1 Å². The van der Waals surface area contributed by atoms with Crippen LogP contribution in [0.3, 0.4) is 0 Å². The van der Waals surface area contributed by atoms with Crippen LogP contribution in [0, 0.1) is 0 Å². The van der Waals surface area contributed by atoms with E-state index in [0.717, 1.165) is 12.2 Å². The second-order valence-corrected chi connectivity index (χ2v) is 9.76. The Morgan fingerprint density at radius 1 is 1.00 bits per heavy atom. The molecule has 0 saturated heterocycles. The Hall–Kier alpha value is -1.02. The van der Waals surface area contributed by atoms with Gasteiger partial charge < -0.3 is 4.43 Å². The molecule has 0 aliphatic carbocycles. The standard InChI is InChI=1S/C17H28OSi/c1-5-9-15-17(16-13-11-10-12-14-16)18-19(6-2,7-3)8-4/h10-15H,5-9H2,1-4H3. The molecule has 19 heavy (non-hydrogen) atoms. The minimum Gasteiger partial charge on any atom is -0.543 e. The smallest absolute Gasteiger partial charge is 0.250 e. The number of rotatable bonds is 8. The van der Waals surface area contributed by atoms with Crippen LogP contribution in [-0.4, -0.2) is 8.32 Å². The van der Waals surface area contributed by atoms with Crippen molar-refractivity contribution in [3.8, 4) is 0 Å². The number of hydrogen-bond donors (Lipinski definition) is 0. The van der Waals surface area contributed by atoms with E-state index in [2.05, 4.69) is 64.1 Å². The molecule has 0 saturated carbocycles. The maximum Gasteiger partial charge on any atom is 0.250 e. The van der Waals surface area contributed by atoms with Gasteiger partial charge in [-0.2, -0.15) is 0 Å². The minimum atomic E-state index is -1.58. The second-order valence-electron chi connectivity index (χ2n) is 5.07. The second kappa shape index (κ2) is 8.21. The van der Waals surface area contributed by atoms with Gasteiger partial charge in [-0.05, 0) is 30.6 Å². The molecule has 2 heteroatoms. The van der Waals surface area contributed by atoms with Gasteiger partial charge in [0.15, 0.2) is 0 Å². The summed E-state index contributed by atoms with van der Waals surface area (Å²) in [5, 5.41) is 0. The highest BCUT2D eigenvalue weighted by Gasteiger charge is 2.31. The number of unbranched alkanes of at least 4 members (excludes halogenated alkanes) is 1. The van der Waals surface area contributed by atoms with Crippen LogP contribution in [0.4, 0.5) is 0 Å². The molecule has 0 N–H and O–H groups in total. The van der Waals surface area contributed by atoms with Crippen molar-refractivity contribution in [1.82, 2.24) is 0 Å². The molecule has 0 atom stereocenters. The largest absolute Gasteiger partial charge is 0.543 e. The van der Waals surface area contributed by atoms with E-state index in [0.29, 0.717) is 0 Å². The van der Waals surface area contributed by atoms with E-state index in [-0.39, 0.29) is 0 Å². The molecule has 1 rings (SSSR count). The topological polar surface area (TPSA) is 9.23 Å². The van der Waals surface area contributed by atoms with Gasteiger partial charge in [0.2, 0.25) is 8.32 Å². The van der Waals surface area contributed by atoms with E-state index in [1.807, 2.05) is 0 Å². The quantitative estimate of drug-likeness (QED) is 0.427. The van der Waals surface area contributed by atoms with Crippen LogP contribution in [0.5, 0.6) is 0 Å². The third-order valence-corrected chi connectivity index (χ3v) is 8.46. The zero-order chi connectivity index (χ0) is 14.1. The molecule has 1 aromatic rings. The maximum absolute atomic E-state index is 6.57. The maximum atomic E-state index is 6.57. The lowest BCUT2D eigenvalue weighted by atomic mass is 10.1. The van der Waals surface area contributed by atoms with E-state index in [4.69, 9.17) is 4.43 Å². The van der Waals surface area contributed by atoms with Crippen molar-refractivity contribution in [2.45, 2.75) is 58.7 Å². The lowest BCUT2D eigenvalue weighted by Gasteiger charge is -2.30. The van der Waals surface area contributed by atoms with Gasteiger partial charge in [-0.15, -0.1) is 0 Å². The van der Waals surface area contributed by atoms with Crippen molar-refractivity contribution in [2.24, 2.45) is 0 Å². The van der Waals surface area contributed by atoms with Gasteiger partial charge in [0, 0.05) is 5.56 Å². The van der Waals surface area contributed by atoms with Crippen molar-refractivity contribution in [2.75, 3.05) is 0 Å². The summed E-state index contributed by atoms with van der Waals surface area (Å²) in [6.07, 6.45) is 4.53. The lowest BCUT2D eigenvalue weighted by Crippen LogP contribution is -2.35. The summed E-state index contributed by atoms with van der Waals surface area (Å²) >= 11 is 0. The molecule has 0 heterocycles. The van der Waals surface area contributed by atoms with Gasteiger partial charge in [0.05, 0.1) is 0 Å². The Morgan fingerprint density at radius 3 is 2.05 bits per heavy atom. The van der Waals surface area contributed by atoms with Gasteiger partial charge in [0.25, 0.3) is 0 Å². The fraction of sp³-hybridized carbons (Fsp3) is 0.529. The monoisotopic (exact) mass is 276 g/mol. The summed E-state index contributed by atoms with van der Waals surface area (Å²) in [4.78, 5) is 0. The minimum absolute atomic E-state index is 1.09. The van der Waals surface area contributed by atoms with E-state index in [1.165, 1.54) is 30.1 Å². The SMILES string of the molecule is CCCC=C(O[Si](CC)(CC)CC)c1ccccc1. The number of benzene rings is 1. The lowest BCUT2D eigenvalue weighted by molar-refractivity contribution is 0.488. The molecule has 1 nitrogen and oxygen atoms in total. The molecule has 0 amide bonds.